The normalized spacial score (nSPS) is 15.4. The van der Waals surface area contributed by atoms with Gasteiger partial charge in [0.25, 0.3) is 0 Å². The van der Waals surface area contributed by atoms with E-state index in [2.05, 4.69) is 4.74 Å². The zero-order valence-electron chi connectivity index (χ0n) is 16.0. The van der Waals surface area contributed by atoms with Gasteiger partial charge in [-0.15, -0.1) is 0 Å². The highest BCUT2D eigenvalue weighted by Gasteiger charge is 2.90. The monoisotopic (exact) mass is 512 g/mol. The fourth-order valence-electron chi connectivity index (χ4n) is 2.47. The molecule has 0 amide bonds. The molecule has 0 heterocycles. The number of aliphatic hydroxyl groups excluding tert-OH is 1. The van der Waals surface area contributed by atoms with Gasteiger partial charge in [0.15, 0.2) is 0 Å². The Hall–Kier alpha value is -2.26. The number of hydrogen-bond acceptors (Lipinski definition) is 3. The van der Waals surface area contributed by atoms with Crippen molar-refractivity contribution in [2.75, 3.05) is 6.61 Å². The first-order valence-corrected chi connectivity index (χ1v) is 8.50. The van der Waals surface area contributed by atoms with Crippen molar-refractivity contribution in [2.45, 2.75) is 55.2 Å². The summed E-state index contributed by atoms with van der Waals surface area (Å²) < 4.78 is 175. The lowest BCUT2D eigenvalue weighted by atomic mass is 9.89. The van der Waals surface area contributed by atoms with Crippen molar-refractivity contribution in [3.8, 4) is 0 Å². The molecule has 0 aliphatic heterocycles. The Kier molecular flexibility index (Phi) is 7.70. The molecule has 0 saturated heterocycles. The number of esters is 1. The Morgan fingerprint density at radius 2 is 1.27 bits per heavy atom. The van der Waals surface area contributed by atoms with Crippen LogP contribution in [0.25, 0.3) is 0 Å². The minimum Gasteiger partial charge on any atom is -0.462 e. The van der Waals surface area contributed by atoms with Crippen LogP contribution in [0.5, 0.6) is 0 Å². The Labute approximate surface area is 176 Å². The largest absolute Gasteiger partial charge is 0.462 e. The molecule has 0 radical (unpaired) electrons. The number of rotatable bonds is 9. The van der Waals surface area contributed by atoms with Gasteiger partial charge in [0, 0.05) is 6.42 Å². The number of hydrogen-bond donors (Lipinski definition) is 1. The number of alkyl halides is 13. The minimum absolute atomic E-state index is 0.299. The first-order chi connectivity index (χ1) is 14.6. The van der Waals surface area contributed by atoms with Crippen molar-refractivity contribution in [1.82, 2.24) is 0 Å². The van der Waals surface area contributed by atoms with E-state index < -0.39 is 65.4 Å². The minimum atomic E-state index is -8.03. The van der Waals surface area contributed by atoms with Gasteiger partial charge in [-0.1, -0.05) is 18.2 Å². The van der Waals surface area contributed by atoms with Crippen molar-refractivity contribution >= 4 is 5.97 Å². The Bertz CT molecular complexity index is 849. The third kappa shape index (κ3) is 4.71. The van der Waals surface area contributed by atoms with Gasteiger partial charge in [-0.3, -0.25) is 0 Å². The van der Waals surface area contributed by atoms with E-state index in [0.29, 0.717) is 6.07 Å². The standard InChI is InChI=1S/C17H13F13O3/c1-2-33-11(32)9-6-4-3-5-8(9)10(31)7-12(18,19)13(20,21)14(22,23)15(24,25)16(26,27)17(28,29)30/h3-6,10,31H,2,7H2,1H3. The van der Waals surface area contributed by atoms with Crippen LogP contribution in [0, 0.1) is 0 Å². The molecule has 190 valence electrons. The van der Waals surface area contributed by atoms with E-state index in [9.17, 15) is 67.0 Å². The molecule has 1 aromatic carbocycles. The number of ether oxygens (including phenoxy) is 1. The van der Waals surface area contributed by atoms with E-state index in [1.807, 2.05) is 0 Å². The van der Waals surface area contributed by atoms with Crippen LogP contribution >= 0.6 is 0 Å². The summed E-state index contributed by atoms with van der Waals surface area (Å²) >= 11 is 0. The second kappa shape index (κ2) is 8.83. The third-order valence-corrected chi connectivity index (χ3v) is 4.26. The second-order valence-corrected chi connectivity index (χ2v) is 6.53. The van der Waals surface area contributed by atoms with Crippen molar-refractivity contribution in [1.29, 1.82) is 0 Å². The molecule has 0 aliphatic rings. The van der Waals surface area contributed by atoms with Crippen LogP contribution in [0.3, 0.4) is 0 Å². The zero-order chi connectivity index (χ0) is 26.3. The van der Waals surface area contributed by atoms with Crippen molar-refractivity contribution in [3.63, 3.8) is 0 Å². The predicted molar refractivity (Wildman–Crippen MR) is 82.8 cm³/mol. The average Bonchev–Trinajstić information content (AvgIpc) is 2.66. The van der Waals surface area contributed by atoms with E-state index in [1.54, 1.807) is 0 Å². The predicted octanol–water partition coefficient (Wildman–Crippen LogP) is 6.03. The quantitative estimate of drug-likeness (QED) is 0.325. The molecule has 0 saturated carbocycles. The fraction of sp³-hybridized carbons (Fsp3) is 0.588. The van der Waals surface area contributed by atoms with Crippen molar-refractivity contribution in [2.24, 2.45) is 0 Å². The van der Waals surface area contributed by atoms with Crippen LogP contribution in [0.15, 0.2) is 24.3 Å². The van der Waals surface area contributed by atoms with Gasteiger partial charge in [-0.05, 0) is 18.6 Å². The number of aliphatic hydroxyl groups is 1. The Morgan fingerprint density at radius 1 is 0.818 bits per heavy atom. The molecule has 1 N–H and O–H groups in total. The van der Waals surface area contributed by atoms with Crippen LogP contribution in [-0.4, -0.2) is 53.5 Å². The maximum absolute atomic E-state index is 14.0. The van der Waals surface area contributed by atoms with Crippen LogP contribution in [-0.2, 0) is 4.74 Å². The van der Waals surface area contributed by atoms with Gasteiger partial charge in [0.2, 0.25) is 0 Å². The van der Waals surface area contributed by atoms with E-state index in [1.165, 1.54) is 6.92 Å². The lowest BCUT2D eigenvalue weighted by Crippen LogP contribution is -2.70. The zero-order valence-corrected chi connectivity index (χ0v) is 16.0. The molecule has 0 aliphatic carbocycles. The Balaban J connectivity index is 3.41. The summed E-state index contributed by atoms with van der Waals surface area (Å²) in [6.07, 6.45) is -13.4. The summed E-state index contributed by atoms with van der Waals surface area (Å²) in [7, 11) is 0. The van der Waals surface area contributed by atoms with Crippen molar-refractivity contribution < 1.29 is 71.7 Å². The second-order valence-electron chi connectivity index (χ2n) is 6.53. The number of benzene rings is 1. The molecule has 1 aromatic rings. The molecule has 0 bridgehead atoms. The molecule has 1 rings (SSSR count). The van der Waals surface area contributed by atoms with E-state index >= 15 is 0 Å². The highest BCUT2D eigenvalue weighted by atomic mass is 19.4. The van der Waals surface area contributed by atoms with Crippen LogP contribution < -0.4 is 0 Å². The van der Waals surface area contributed by atoms with Gasteiger partial charge < -0.3 is 9.84 Å². The van der Waals surface area contributed by atoms with Gasteiger partial charge in [0.1, 0.15) is 0 Å². The highest BCUT2D eigenvalue weighted by Crippen LogP contribution is 2.61. The molecule has 0 spiro atoms. The maximum Gasteiger partial charge on any atom is 0.460 e. The summed E-state index contributed by atoms with van der Waals surface area (Å²) in [5, 5.41) is 9.79. The molecule has 3 nitrogen and oxygen atoms in total. The molecule has 0 aromatic heterocycles. The molecule has 16 heteroatoms. The number of carbonyl (C=O) groups excluding carboxylic acids is 1. The topological polar surface area (TPSA) is 46.5 Å². The summed E-state index contributed by atoms with van der Waals surface area (Å²) in [6.45, 7) is 0.983. The van der Waals surface area contributed by atoms with Crippen LogP contribution in [0.4, 0.5) is 57.1 Å². The average molecular weight is 512 g/mol. The summed E-state index contributed by atoms with van der Waals surface area (Å²) in [4.78, 5) is 11.7. The van der Waals surface area contributed by atoms with E-state index in [-0.39, 0.29) is 6.61 Å². The fourth-order valence-corrected chi connectivity index (χ4v) is 2.47. The number of halogens is 13. The molecule has 1 atom stereocenters. The van der Waals surface area contributed by atoms with Crippen molar-refractivity contribution in [3.05, 3.63) is 35.4 Å². The highest BCUT2D eigenvalue weighted by molar-refractivity contribution is 5.91. The van der Waals surface area contributed by atoms with Crippen LogP contribution in [0.1, 0.15) is 35.4 Å². The van der Waals surface area contributed by atoms with Gasteiger partial charge in [-0.2, -0.15) is 57.1 Å². The van der Waals surface area contributed by atoms with E-state index in [0.717, 1.165) is 18.2 Å². The molecule has 0 fully saturated rings. The van der Waals surface area contributed by atoms with E-state index in [4.69, 9.17) is 0 Å². The summed E-state index contributed by atoms with van der Waals surface area (Å²) in [5.41, 5.74) is -1.66. The maximum atomic E-state index is 14.0. The summed E-state index contributed by atoms with van der Waals surface area (Å²) in [6, 6.07) is 3.50. The van der Waals surface area contributed by atoms with Gasteiger partial charge >= 0.3 is 41.8 Å². The smallest absolute Gasteiger partial charge is 0.460 e. The first kappa shape index (κ1) is 28.8. The van der Waals surface area contributed by atoms with Gasteiger partial charge in [0.05, 0.1) is 18.3 Å². The van der Waals surface area contributed by atoms with Gasteiger partial charge in [-0.25, -0.2) is 4.79 Å². The molecular weight excluding hydrogens is 499 g/mol. The third-order valence-electron chi connectivity index (χ3n) is 4.26. The SMILES string of the molecule is CCOC(=O)c1ccccc1C(O)CC(F)(F)C(F)(F)C(F)(F)C(F)(F)C(F)(F)C(F)(F)F. The lowest BCUT2D eigenvalue weighted by Gasteiger charge is -2.40. The first-order valence-electron chi connectivity index (χ1n) is 8.50. The molecular formula is C17H13F13O3. The summed E-state index contributed by atoms with van der Waals surface area (Å²) in [5.74, 6) is -39.1. The Morgan fingerprint density at radius 3 is 1.73 bits per heavy atom. The molecule has 1 unspecified atom stereocenters. The number of carbonyl (C=O) groups is 1. The van der Waals surface area contributed by atoms with Crippen LogP contribution in [0.2, 0.25) is 0 Å². The lowest BCUT2D eigenvalue weighted by molar-refractivity contribution is -0.440. The molecule has 33 heavy (non-hydrogen) atoms.